The first-order chi connectivity index (χ1) is 6.38. The molecule has 0 radical (unpaired) electrons. The summed E-state index contributed by atoms with van der Waals surface area (Å²) < 4.78 is 5.15. The van der Waals surface area contributed by atoms with Gasteiger partial charge in [0.25, 0.3) is 5.91 Å². The van der Waals surface area contributed by atoms with Crippen molar-refractivity contribution in [1.82, 2.24) is 15.1 Å². The van der Waals surface area contributed by atoms with Crippen LogP contribution in [0.3, 0.4) is 0 Å². The van der Waals surface area contributed by atoms with Gasteiger partial charge in [-0.05, 0) is 0 Å². The molecule has 1 aromatic rings. The minimum absolute atomic E-state index is 0.0250. The van der Waals surface area contributed by atoms with Gasteiger partial charge in [0.2, 0.25) is 0 Å². The lowest BCUT2D eigenvalue weighted by Crippen LogP contribution is -2.40. The molecule has 1 fully saturated rings. The number of H-pyrrole nitrogens is 1. The molecule has 0 spiro atoms. The Morgan fingerprint density at radius 3 is 2.92 bits per heavy atom. The molecule has 0 saturated carbocycles. The Balaban J connectivity index is 2.04. The summed E-state index contributed by atoms with van der Waals surface area (Å²) in [6.07, 6.45) is 3.15. The van der Waals surface area contributed by atoms with Crippen molar-refractivity contribution in [3.63, 3.8) is 0 Å². The Morgan fingerprint density at radius 1 is 1.54 bits per heavy atom. The van der Waals surface area contributed by atoms with Crippen LogP contribution in [0.2, 0.25) is 0 Å². The lowest BCUT2D eigenvalue weighted by molar-refractivity contribution is 0.0303. The average Bonchev–Trinajstić information content (AvgIpc) is 2.71. The maximum atomic E-state index is 11.7. The van der Waals surface area contributed by atoms with Gasteiger partial charge in [0, 0.05) is 19.3 Å². The highest BCUT2D eigenvalue weighted by Crippen LogP contribution is 2.04. The van der Waals surface area contributed by atoms with Gasteiger partial charge in [0.05, 0.1) is 25.0 Å². The van der Waals surface area contributed by atoms with E-state index in [2.05, 4.69) is 10.2 Å². The number of nitrogens with zero attached hydrogens (tertiary/aromatic N) is 2. The quantitative estimate of drug-likeness (QED) is 0.657. The molecule has 0 bridgehead atoms. The summed E-state index contributed by atoms with van der Waals surface area (Å²) in [6.45, 7) is 2.60. The Labute approximate surface area is 75.7 Å². The molecule has 13 heavy (non-hydrogen) atoms. The molecule has 70 valence electrons. The minimum Gasteiger partial charge on any atom is -0.378 e. The van der Waals surface area contributed by atoms with Crippen molar-refractivity contribution in [3.05, 3.63) is 18.0 Å². The molecule has 1 amide bonds. The number of aromatic nitrogens is 2. The van der Waals surface area contributed by atoms with Gasteiger partial charge in [-0.15, -0.1) is 0 Å². The van der Waals surface area contributed by atoms with Crippen LogP contribution in [-0.2, 0) is 4.74 Å². The molecule has 1 aliphatic rings. The monoisotopic (exact) mass is 181 g/mol. The second kappa shape index (κ2) is 3.57. The second-order valence-electron chi connectivity index (χ2n) is 2.89. The molecule has 2 heterocycles. The number of ether oxygens (including phenoxy) is 1. The van der Waals surface area contributed by atoms with Crippen LogP contribution < -0.4 is 0 Å². The zero-order valence-corrected chi connectivity index (χ0v) is 7.19. The van der Waals surface area contributed by atoms with E-state index in [0.717, 1.165) is 0 Å². The summed E-state index contributed by atoms with van der Waals surface area (Å²) in [4.78, 5) is 13.4. The Bertz CT molecular complexity index is 278. The highest BCUT2D eigenvalue weighted by molar-refractivity contribution is 5.93. The summed E-state index contributed by atoms with van der Waals surface area (Å²) in [5.41, 5.74) is 0.613. The SMILES string of the molecule is O=C(c1cn[nH]c1)N1CCOCC1. The van der Waals surface area contributed by atoms with E-state index in [-0.39, 0.29) is 5.91 Å². The van der Waals surface area contributed by atoms with Crippen molar-refractivity contribution in [3.8, 4) is 0 Å². The second-order valence-corrected chi connectivity index (χ2v) is 2.89. The van der Waals surface area contributed by atoms with Gasteiger partial charge >= 0.3 is 0 Å². The average molecular weight is 181 g/mol. The van der Waals surface area contributed by atoms with Gasteiger partial charge in [-0.2, -0.15) is 5.10 Å². The van der Waals surface area contributed by atoms with Crippen LogP contribution in [0.1, 0.15) is 10.4 Å². The minimum atomic E-state index is 0.0250. The summed E-state index contributed by atoms with van der Waals surface area (Å²) in [5.74, 6) is 0.0250. The number of carbonyl (C=O) groups excluding carboxylic acids is 1. The molecule has 0 aliphatic carbocycles. The zero-order chi connectivity index (χ0) is 9.10. The zero-order valence-electron chi connectivity index (χ0n) is 7.19. The number of hydrogen-bond acceptors (Lipinski definition) is 3. The van der Waals surface area contributed by atoms with E-state index in [4.69, 9.17) is 4.74 Å². The predicted octanol–water partition coefficient (Wildman–Crippen LogP) is -0.118. The Morgan fingerprint density at radius 2 is 2.31 bits per heavy atom. The molecule has 0 unspecified atom stereocenters. The molecule has 0 atom stereocenters. The van der Waals surface area contributed by atoms with E-state index < -0.39 is 0 Å². The van der Waals surface area contributed by atoms with Crippen molar-refractivity contribution in [2.45, 2.75) is 0 Å². The summed E-state index contributed by atoms with van der Waals surface area (Å²) >= 11 is 0. The number of amides is 1. The van der Waals surface area contributed by atoms with E-state index >= 15 is 0 Å². The van der Waals surface area contributed by atoms with Crippen LogP contribution >= 0.6 is 0 Å². The topological polar surface area (TPSA) is 58.2 Å². The van der Waals surface area contributed by atoms with Crippen molar-refractivity contribution < 1.29 is 9.53 Å². The van der Waals surface area contributed by atoms with Crippen LogP contribution in [0.4, 0.5) is 0 Å². The molecule has 1 aromatic heterocycles. The lowest BCUT2D eigenvalue weighted by Gasteiger charge is -2.26. The Hall–Kier alpha value is -1.36. The maximum absolute atomic E-state index is 11.7. The van der Waals surface area contributed by atoms with E-state index in [0.29, 0.717) is 31.9 Å². The molecular weight excluding hydrogens is 170 g/mol. The van der Waals surface area contributed by atoms with Gasteiger partial charge in [-0.1, -0.05) is 0 Å². The van der Waals surface area contributed by atoms with Crippen LogP contribution in [0.15, 0.2) is 12.4 Å². The van der Waals surface area contributed by atoms with Gasteiger partial charge in [0.1, 0.15) is 0 Å². The third-order valence-corrected chi connectivity index (χ3v) is 2.04. The number of morpholine rings is 1. The number of hydrogen-bond donors (Lipinski definition) is 1. The van der Waals surface area contributed by atoms with E-state index in [1.165, 1.54) is 6.20 Å². The number of nitrogens with one attached hydrogen (secondary N) is 1. The van der Waals surface area contributed by atoms with Crippen LogP contribution in [0, 0.1) is 0 Å². The van der Waals surface area contributed by atoms with E-state index in [1.807, 2.05) is 0 Å². The van der Waals surface area contributed by atoms with Crippen molar-refractivity contribution in [1.29, 1.82) is 0 Å². The van der Waals surface area contributed by atoms with Gasteiger partial charge in [-0.3, -0.25) is 9.89 Å². The first-order valence-corrected chi connectivity index (χ1v) is 4.24. The van der Waals surface area contributed by atoms with Crippen LogP contribution in [0.25, 0.3) is 0 Å². The van der Waals surface area contributed by atoms with Crippen LogP contribution in [0.5, 0.6) is 0 Å². The lowest BCUT2D eigenvalue weighted by atomic mass is 10.3. The number of carbonyl (C=O) groups is 1. The predicted molar refractivity (Wildman–Crippen MR) is 45.3 cm³/mol. The molecule has 0 aromatic carbocycles. The number of rotatable bonds is 1. The molecule has 1 N–H and O–H groups in total. The van der Waals surface area contributed by atoms with Crippen LogP contribution in [-0.4, -0.2) is 47.3 Å². The summed E-state index contributed by atoms with van der Waals surface area (Å²) in [7, 11) is 0. The van der Waals surface area contributed by atoms with Gasteiger partial charge < -0.3 is 9.64 Å². The third kappa shape index (κ3) is 1.70. The maximum Gasteiger partial charge on any atom is 0.257 e. The number of aromatic amines is 1. The van der Waals surface area contributed by atoms with Crippen molar-refractivity contribution in [2.24, 2.45) is 0 Å². The van der Waals surface area contributed by atoms with Gasteiger partial charge in [0.15, 0.2) is 0 Å². The molecule has 1 aliphatic heterocycles. The molecule has 5 heteroatoms. The first kappa shape index (κ1) is 8.25. The highest BCUT2D eigenvalue weighted by atomic mass is 16.5. The standard InChI is InChI=1S/C8H11N3O2/c12-8(7-5-9-10-6-7)11-1-3-13-4-2-11/h5-6H,1-4H2,(H,9,10). The fraction of sp³-hybridized carbons (Fsp3) is 0.500. The van der Waals surface area contributed by atoms with E-state index in [1.54, 1.807) is 11.1 Å². The Kier molecular flexibility index (Phi) is 2.27. The molecule has 1 saturated heterocycles. The summed E-state index contributed by atoms with van der Waals surface area (Å²) in [5, 5.41) is 6.36. The fourth-order valence-corrected chi connectivity index (χ4v) is 1.32. The third-order valence-electron chi connectivity index (χ3n) is 2.04. The highest BCUT2D eigenvalue weighted by Gasteiger charge is 2.18. The van der Waals surface area contributed by atoms with Crippen molar-refractivity contribution >= 4 is 5.91 Å². The molecule has 2 rings (SSSR count). The first-order valence-electron chi connectivity index (χ1n) is 4.24. The van der Waals surface area contributed by atoms with Crippen molar-refractivity contribution in [2.75, 3.05) is 26.3 Å². The van der Waals surface area contributed by atoms with Gasteiger partial charge in [-0.25, -0.2) is 0 Å². The van der Waals surface area contributed by atoms with E-state index in [9.17, 15) is 4.79 Å². The smallest absolute Gasteiger partial charge is 0.257 e. The fourth-order valence-electron chi connectivity index (χ4n) is 1.32. The molecular formula is C8H11N3O2. The molecule has 5 nitrogen and oxygen atoms in total. The normalized spacial score (nSPS) is 17.4. The summed E-state index contributed by atoms with van der Waals surface area (Å²) in [6, 6.07) is 0. The largest absolute Gasteiger partial charge is 0.378 e.